The van der Waals surface area contributed by atoms with Crippen LogP contribution in [-0.4, -0.2) is 30.7 Å². The summed E-state index contributed by atoms with van der Waals surface area (Å²) in [6.07, 6.45) is 1.77. The number of nitrogens with zero attached hydrogens (tertiary/aromatic N) is 5. The summed E-state index contributed by atoms with van der Waals surface area (Å²) < 4.78 is 1.79. The number of amides is 1. The number of hydrogen-bond donors (Lipinski definition) is 1. The molecule has 3 rings (SSSR count). The number of aromatic nitrogens is 5. The first kappa shape index (κ1) is 15.9. The minimum absolute atomic E-state index is 0.160. The van der Waals surface area contributed by atoms with Crippen LogP contribution >= 0.6 is 0 Å². The molecule has 1 amide bonds. The number of rotatable bonds is 4. The summed E-state index contributed by atoms with van der Waals surface area (Å²) in [5.74, 6) is -0.245. The van der Waals surface area contributed by atoms with Gasteiger partial charge in [-0.1, -0.05) is 18.2 Å². The number of benzene rings is 1. The van der Waals surface area contributed by atoms with Crippen LogP contribution in [0.1, 0.15) is 40.4 Å². The van der Waals surface area contributed by atoms with E-state index in [-0.39, 0.29) is 11.9 Å². The molecule has 0 aliphatic rings. The maximum Gasteiger partial charge on any atom is 0.274 e. The zero-order valence-corrected chi connectivity index (χ0v) is 14.2. The van der Waals surface area contributed by atoms with Crippen LogP contribution in [0.2, 0.25) is 0 Å². The largest absolute Gasteiger partial charge is 0.344 e. The predicted octanol–water partition coefficient (Wildman–Crippen LogP) is 2.11. The fraction of sp³-hybridized carbons (Fsp3) is 0.294. The first-order valence-electron chi connectivity index (χ1n) is 7.76. The van der Waals surface area contributed by atoms with Crippen molar-refractivity contribution in [2.75, 3.05) is 0 Å². The third kappa shape index (κ3) is 2.92. The highest BCUT2D eigenvalue weighted by Gasteiger charge is 2.20. The van der Waals surface area contributed by atoms with Crippen molar-refractivity contribution in [3.8, 4) is 5.69 Å². The van der Waals surface area contributed by atoms with E-state index in [0.717, 1.165) is 16.9 Å². The van der Waals surface area contributed by atoms with E-state index in [1.54, 1.807) is 17.8 Å². The van der Waals surface area contributed by atoms with Gasteiger partial charge in [-0.25, -0.2) is 0 Å². The zero-order valence-electron chi connectivity index (χ0n) is 14.2. The molecule has 1 atom stereocenters. The highest BCUT2D eigenvalue weighted by Crippen LogP contribution is 2.17. The average molecular weight is 324 g/mol. The summed E-state index contributed by atoms with van der Waals surface area (Å²) in [5, 5.41) is 15.8. The molecule has 7 heteroatoms. The molecule has 7 nitrogen and oxygen atoms in total. The molecule has 3 aromatic rings. The Kier molecular flexibility index (Phi) is 4.16. The van der Waals surface area contributed by atoms with Crippen molar-refractivity contribution in [1.82, 2.24) is 30.1 Å². The second-order valence-electron chi connectivity index (χ2n) is 5.76. The third-order valence-corrected chi connectivity index (χ3v) is 4.07. The molecular weight excluding hydrogens is 304 g/mol. The maximum absolute atomic E-state index is 12.6. The lowest BCUT2D eigenvalue weighted by atomic mass is 10.1. The minimum Gasteiger partial charge on any atom is -0.344 e. The fourth-order valence-corrected chi connectivity index (χ4v) is 2.55. The molecule has 2 aromatic heterocycles. The summed E-state index contributed by atoms with van der Waals surface area (Å²) in [5.41, 5.74) is 3.74. The van der Waals surface area contributed by atoms with Gasteiger partial charge in [0.15, 0.2) is 5.69 Å². The molecule has 0 aliphatic heterocycles. The molecule has 0 aliphatic carbocycles. The Balaban J connectivity index is 1.81. The van der Waals surface area contributed by atoms with E-state index in [9.17, 15) is 4.79 Å². The van der Waals surface area contributed by atoms with E-state index in [1.165, 1.54) is 4.80 Å². The van der Waals surface area contributed by atoms with Crippen molar-refractivity contribution in [2.45, 2.75) is 26.8 Å². The van der Waals surface area contributed by atoms with Gasteiger partial charge in [-0.2, -0.15) is 15.0 Å². The lowest BCUT2D eigenvalue weighted by Crippen LogP contribution is -2.28. The Labute approximate surface area is 140 Å². The summed E-state index contributed by atoms with van der Waals surface area (Å²) in [4.78, 5) is 14.0. The first-order valence-corrected chi connectivity index (χ1v) is 7.76. The van der Waals surface area contributed by atoms with Crippen molar-refractivity contribution in [3.05, 3.63) is 59.2 Å². The third-order valence-electron chi connectivity index (χ3n) is 4.07. The van der Waals surface area contributed by atoms with Gasteiger partial charge in [0.05, 0.1) is 23.6 Å². The molecule has 0 unspecified atom stereocenters. The Hall–Kier alpha value is -2.96. The second-order valence-corrected chi connectivity index (χ2v) is 5.76. The van der Waals surface area contributed by atoms with Gasteiger partial charge >= 0.3 is 0 Å². The molecule has 0 spiro atoms. The number of hydrogen-bond acceptors (Lipinski definition) is 4. The van der Waals surface area contributed by atoms with Gasteiger partial charge in [0.2, 0.25) is 0 Å². The molecule has 0 bridgehead atoms. The van der Waals surface area contributed by atoms with Crippen LogP contribution in [0.4, 0.5) is 0 Å². The van der Waals surface area contributed by atoms with Crippen LogP contribution in [0.3, 0.4) is 0 Å². The summed E-state index contributed by atoms with van der Waals surface area (Å²) in [6.45, 7) is 5.68. The number of carbonyl (C=O) groups is 1. The lowest BCUT2D eigenvalue weighted by Gasteiger charge is -2.12. The first-order chi connectivity index (χ1) is 11.5. The van der Waals surface area contributed by atoms with E-state index in [4.69, 9.17) is 0 Å². The molecule has 124 valence electrons. The Morgan fingerprint density at radius 3 is 2.50 bits per heavy atom. The molecular formula is C17H20N6O. The van der Waals surface area contributed by atoms with Gasteiger partial charge in [-0.3, -0.25) is 9.48 Å². The van der Waals surface area contributed by atoms with Crippen LogP contribution < -0.4 is 5.32 Å². The fourth-order valence-electron chi connectivity index (χ4n) is 2.55. The topological polar surface area (TPSA) is 77.6 Å². The van der Waals surface area contributed by atoms with E-state index in [2.05, 4.69) is 20.6 Å². The summed E-state index contributed by atoms with van der Waals surface area (Å²) in [6, 6.07) is 9.35. The number of carbonyl (C=O) groups excluding carboxylic acids is 1. The molecule has 0 fully saturated rings. The van der Waals surface area contributed by atoms with Crippen molar-refractivity contribution >= 4 is 5.91 Å². The van der Waals surface area contributed by atoms with E-state index in [0.29, 0.717) is 11.4 Å². The van der Waals surface area contributed by atoms with Crippen molar-refractivity contribution in [2.24, 2.45) is 7.05 Å². The predicted molar refractivity (Wildman–Crippen MR) is 89.9 cm³/mol. The van der Waals surface area contributed by atoms with Crippen molar-refractivity contribution in [3.63, 3.8) is 0 Å². The van der Waals surface area contributed by atoms with Crippen LogP contribution in [-0.2, 0) is 7.05 Å². The monoisotopic (exact) mass is 324 g/mol. The highest BCUT2D eigenvalue weighted by molar-refractivity contribution is 5.93. The molecule has 1 N–H and O–H groups in total. The van der Waals surface area contributed by atoms with Crippen LogP contribution in [0.25, 0.3) is 5.69 Å². The number of nitrogens with one attached hydrogen (secondary N) is 1. The molecule has 0 saturated carbocycles. The zero-order chi connectivity index (χ0) is 17.3. The van der Waals surface area contributed by atoms with Gasteiger partial charge in [-0.15, -0.1) is 5.10 Å². The molecule has 24 heavy (non-hydrogen) atoms. The Morgan fingerprint density at radius 2 is 1.88 bits per heavy atom. The number of para-hydroxylation sites is 1. The van der Waals surface area contributed by atoms with Gasteiger partial charge in [-0.05, 0) is 32.9 Å². The van der Waals surface area contributed by atoms with Crippen LogP contribution in [0, 0.1) is 13.8 Å². The highest BCUT2D eigenvalue weighted by atomic mass is 16.2. The van der Waals surface area contributed by atoms with Crippen molar-refractivity contribution in [1.29, 1.82) is 0 Å². The molecule has 0 saturated heterocycles. The van der Waals surface area contributed by atoms with E-state index in [1.807, 2.05) is 51.2 Å². The van der Waals surface area contributed by atoms with Gasteiger partial charge in [0.25, 0.3) is 5.91 Å². The average Bonchev–Trinajstić information content (AvgIpc) is 3.12. The molecule has 2 heterocycles. The SMILES string of the molecule is Cc1nn(-c2ccccc2)nc1C(=O)N[C@H](C)c1cnn(C)c1C. The number of aryl methyl sites for hydroxylation is 2. The van der Waals surface area contributed by atoms with Crippen LogP contribution in [0.15, 0.2) is 36.5 Å². The van der Waals surface area contributed by atoms with E-state index >= 15 is 0 Å². The minimum atomic E-state index is -0.245. The lowest BCUT2D eigenvalue weighted by molar-refractivity contribution is 0.0933. The Morgan fingerprint density at radius 1 is 1.17 bits per heavy atom. The normalized spacial score (nSPS) is 12.2. The summed E-state index contributed by atoms with van der Waals surface area (Å²) in [7, 11) is 1.88. The molecule has 0 radical (unpaired) electrons. The summed E-state index contributed by atoms with van der Waals surface area (Å²) >= 11 is 0. The van der Waals surface area contributed by atoms with Crippen LogP contribution in [0.5, 0.6) is 0 Å². The maximum atomic E-state index is 12.6. The standard InChI is InChI=1S/C17H20N6O/c1-11(15-10-18-22(4)13(15)3)19-17(24)16-12(2)20-23(21-16)14-8-6-5-7-9-14/h5-11H,1-4H3,(H,19,24)/t11-/m1/s1. The van der Waals surface area contributed by atoms with E-state index < -0.39 is 0 Å². The Bertz CT molecular complexity index is 865. The quantitative estimate of drug-likeness (QED) is 0.797. The van der Waals surface area contributed by atoms with Gasteiger partial charge in [0.1, 0.15) is 0 Å². The van der Waals surface area contributed by atoms with Gasteiger partial charge < -0.3 is 5.32 Å². The molecule has 1 aromatic carbocycles. The van der Waals surface area contributed by atoms with Gasteiger partial charge in [0, 0.05) is 18.3 Å². The smallest absolute Gasteiger partial charge is 0.274 e. The second kappa shape index (κ2) is 6.27. The van der Waals surface area contributed by atoms with Crippen molar-refractivity contribution < 1.29 is 4.79 Å².